The van der Waals surface area contributed by atoms with Crippen molar-refractivity contribution in [2.24, 2.45) is 17.3 Å². The van der Waals surface area contributed by atoms with Crippen molar-refractivity contribution in [3.05, 3.63) is 29.3 Å². The number of rotatable bonds is 2. The summed E-state index contributed by atoms with van der Waals surface area (Å²) < 4.78 is 11.6. The first-order valence-corrected chi connectivity index (χ1v) is 8.81. The van der Waals surface area contributed by atoms with Crippen LogP contribution in [0, 0.1) is 17.3 Å². The van der Waals surface area contributed by atoms with Gasteiger partial charge in [-0.3, -0.25) is 4.79 Å². The van der Waals surface area contributed by atoms with Crippen LogP contribution in [0.1, 0.15) is 50.2 Å². The lowest BCUT2D eigenvalue weighted by atomic mass is 9.53. The maximum atomic E-state index is 12.5. The Labute approximate surface area is 138 Å². The van der Waals surface area contributed by atoms with E-state index >= 15 is 0 Å². The van der Waals surface area contributed by atoms with Crippen molar-refractivity contribution in [1.82, 2.24) is 0 Å². The van der Waals surface area contributed by atoms with Gasteiger partial charge < -0.3 is 9.47 Å². The largest absolute Gasteiger partial charge is 0.497 e. The molecule has 3 aliphatic rings. The molecule has 124 valence electrons. The van der Waals surface area contributed by atoms with Gasteiger partial charge >= 0.3 is 0 Å². The second-order valence-corrected chi connectivity index (χ2v) is 7.75. The zero-order valence-corrected chi connectivity index (χ0v) is 14.4. The van der Waals surface area contributed by atoms with Crippen LogP contribution in [0.5, 0.6) is 5.75 Å². The van der Waals surface area contributed by atoms with Crippen LogP contribution in [0.15, 0.2) is 18.2 Å². The van der Waals surface area contributed by atoms with Crippen molar-refractivity contribution in [2.45, 2.75) is 51.0 Å². The smallest absolute Gasteiger partial charge is 0.139 e. The number of ketones is 1. The molecule has 0 bridgehead atoms. The molecule has 0 radical (unpaired) electrons. The van der Waals surface area contributed by atoms with Gasteiger partial charge in [-0.05, 0) is 67.2 Å². The molecule has 2 saturated carbocycles. The van der Waals surface area contributed by atoms with Crippen LogP contribution in [0.3, 0.4) is 0 Å². The average Bonchev–Trinajstić information content (AvgIpc) is 2.89. The predicted octanol–water partition coefficient (Wildman–Crippen LogP) is 3.88. The zero-order valence-electron chi connectivity index (χ0n) is 14.4. The normalized spacial score (nSPS) is 38.7. The Morgan fingerprint density at radius 2 is 1.87 bits per heavy atom. The first-order chi connectivity index (χ1) is 11.0. The molecule has 3 heteroatoms. The summed E-state index contributed by atoms with van der Waals surface area (Å²) in [4.78, 5) is 12.5. The van der Waals surface area contributed by atoms with Gasteiger partial charge in [0.05, 0.1) is 12.7 Å². The molecule has 0 amide bonds. The molecule has 0 N–H and O–H groups in total. The fourth-order valence-corrected chi connectivity index (χ4v) is 5.78. The number of ether oxygens (including phenoxy) is 2. The number of hydrogen-bond donors (Lipinski definition) is 0. The first kappa shape index (κ1) is 15.2. The number of methoxy groups -OCH3 is 2. The Morgan fingerprint density at radius 3 is 2.61 bits per heavy atom. The monoisotopic (exact) mass is 314 g/mol. The number of carbonyl (C=O) groups is 1. The molecule has 0 aromatic heterocycles. The molecule has 0 heterocycles. The SMILES string of the molecule is COc1ccc2c(c1)CC[C@H]1[C@@H]3CCC(=O)[C@@]3(C)CC[C@@]21OC. The second kappa shape index (κ2) is 5.07. The summed E-state index contributed by atoms with van der Waals surface area (Å²) in [7, 11) is 3.57. The van der Waals surface area contributed by atoms with Crippen molar-refractivity contribution in [3.63, 3.8) is 0 Å². The quantitative estimate of drug-likeness (QED) is 0.831. The topological polar surface area (TPSA) is 35.5 Å². The number of Topliss-reactive ketones (excluding diaryl/α,β-unsaturated/α-hetero) is 1. The van der Waals surface area contributed by atoms with Crippen molar-refractivity contribution in [1.29, 1.82) is 0 Å². The van der Waals surface area contributed by atoms with E-state index in [0.717, 1.165) is 44.3 Å². The minimum absolute atomic E-state index is 0.114. The zero-order chi connectivity index (χ0) is 16.2. The molecular formula is C20H26O3. The summed E-state index contributed by atoms with van der Waals surface area (Å²) >= 11 is 0. The van der Waals surface area contributed by atoms with Crippen LogP contribution in [-0.2, 0) is 21.6 Å². The van der Waals surface area contributed by atoms with E-state index in [1.165, 1.54) is 11.1 Å². The second-order valence-electron chi connectivity index (χ2n) is 7.75. The van der Waals surface area contributed by atoms with Gasteiger partial charge in [0.15, 0.2) is 0 Å². The first-order valence-electron chi connectivity index (χ1n) is 8.81. The third-order valence-electron chi connectivity index (χ3n) is 7.10. The van der Waals surface area contributed by atoms with Crippen LogP contribution in [-0.4, -0.2) is 20.0 Å². The number of carbonyl (C=O) groups excluding carboxylic acids is 1. The van der Waals surface area contributed by atoms with Crippen molar-refractivity contribution < 1.29 is 14.3 Å². The molecular weight excluding hydrogens is 288 g/mol. The molecule has 23 heavy (non-hydrogen) atoms. The van der Waals surface area contributed by atoms with Gasteiger partial charge in [0.1, 0.15) is 11.5 Å². The van der Waals surface area contributed by atoms with E-state index in [9.17, 15) is 4.79 Å². The maximum Gasteiger partial charge on any atom is 0.139 e. The van der Waals surface area contributed by atoms with E-state index in [4.69, 9.17) is 9.47 Å². The van der Waals surface area contributed by atoms with Crippen LogP contribution < -0.4 is 4.74 Å². The lowest BCUT2D eigenvalue weighted by Gasteiger charge is -2.55. The summed E-state index contributed by atoms with van der Waals surface area (Å²) in [5.41, 5.74) is 2.36. The minimum Gasteiger partial charge on any atom is -0.497 e. The van der Waals surface area contributed by atoms with E-state index in [-0.39, 0.29) is 11.0 Å². The molecule has 2 fully saturated rings. The Balaban J connectivity index is 1.80. The summed E-state index contributed by atoms with van der Waals surface area (Å²) in [6.07, 6.45) is 5.87. The van der Waals surface area contributed by atoms with Crippen LogP contribution >= 0.6 is 0 Å². The van der Waals surface area contributed by atoms with Gasteiger partial charge in [-0.2, -0.15) is 0 Å². The third kappa shape index (κ3) is 1.89. The van der Waals surface area contributed by atoms with Crippen molar-refractivity contribution in [3.8, 4) is 5.75 Å². The fraction of sp³-hybridized carbons (Fsp3) is 0.650. The van der Waals surface area contributed by atoms with Gasteiger partial charge in [0.25, 0.3) is 0 Å². The van der Waals surface area contributed by atoms with Gasteiger partial charge in [-0.1, -0.05) is 13.0 Å². The van der Waals surface area contributed by atoms with Crippen LogP contribution in [0.25, 0.3) is 0 Å². The summed E-state index contributed by atoms with van der Waals surface area (Å²) in [6, 6.07) is 6.42. The highest BCUT2D eigenvalue weighted by atomic mass is 16.5. The highest BCUT2D eigenvalue weighted by Crippen LogP contribution is 2.62. The van der Waals surface area contributed by atoms with E-state index in [2.05, 4.69) is 25.1 Å². The highest BCUT2D eigenvalue weighted by Gasteiger charge is 2.60. The minimum atomic E-state index is -0.214. The number of benzene rings is 1. The average molecular weight is 314 g/mol. The lowest BCUT2D eigenvalue weighted by Crippen LogP contribution is -2.53. The molecule has 0 unspecified atom stereocenters. The standard InChI is InChI=1S/C20H26O3/c1-19-10-11-20(23-3)15-7-5-14(22-2)12-13(15)4-6-17(20)16(19)8-9-18(19)21/h5,7,12,16-17H,4,6,8-11H2,1-3H3/t16-,17-,19-,20+/m0/s1. The third-order valence-corrected chi connectivity index (χ3v) is 7.10. The van der Waals surface area contributed by atoms with Gasteiger partial charge in [-0.15, -0.1) is 0 Å². The molecule has 0 saturated heterocycles. The van der Waals surface area contributed by atoms with Gasteiger partial charge in [-0.25, -0.2) is 0 Å². The number of hydrogen-bond acceptors (Lipinski definition) is 3. The molecule has 1 aromatic carbocycles. The summed E-state index contributed by atoms with van der Waals surface area (Å²) in [6.45, 7) is 2.20. The Bertz CT molecular complexity index is 652. The number of aryl methyl sites for hydroxylation is 1. The summed E-state index contributed by atoms with van der Waals surface area (Å²) in [5.74, 6) is 2.33. The Morgan fingerprint density at radius 1 is 1.09 bits per heavy atom. The maximum absolute atomic E-state index is 12.5. The lowest BCUT2D eigenvalue weighted by molar-refractivity contribution is -0.157. The van der Waals surface area contributed by atoms with E-state index in [0.29, 0.717) is 17.6 Å². The summed E-state index contributed by atoms with van der Waals surface area (Å²) in [5, 5.41) is 0. The van der Waals surface area contributed by atoms with Crippen molar-refractivity contribution in [2.75, 3.05) is 14.2 Å². The van der Waals surface area contributed by atoms with E-state index in [1.807, 2.05) is 7.11 Å². The van der Waals surface area contributed by atoms with Gasteiger partial charge in [0.2, 0.25) is 0 Å². The van der Waals surface area contributed by atoms with Gasteiger partial charge in [0, 0.05) is 18.9 Å². The molecule has 4 rings (SSSR count). The van der Waals surface area contributed by atoms with Crippen molar-refractivity contribution >= 4 is 5.78 Å². The predicted molar refractivity (Wildman–Crippen MR) is 88.6 cm³/mol. The highest BCUT2D eigenvalue weighted by molar-refractivity contribution is 5.87. The van der Waals surface area contributed by atoms with E-state index in [1.54, 1.807) is 7.11 Å². The molecule has 3 aliphatic carbocycles. The fourth-order valence-electron chi connectivity index (χ4n) is 5.78. The molecule has 0 spiro atoms. The van der Waals surface area contributed by atoms with Crippen LogP contribution in [0.2, 0.25) is 0 Å². The Hall–Kier alpha value is -1.35. The molecule has 0 aliphatic heterocycles. The molecule has 4 atom stereocenters. The van der Waals surface area contributed by atoms with Crippen LogP contribution in [0.4, 0.5) is 0 Å². The molecule has 3 nitrogen and oxygen atoms in total. The molecule has 1 aromatic rings. The Kier molecular flexibility index (Phi) is 3.35. The van der Waals surface area contributed by atoms with E-state index < -0.39 is 0 Å². The number of fused-ring (bicyclic) bond motifs is 5.